The van der Waals surface area contributed by atoms with Crippen molar-refractivity contribution in [2.75, 3.05) is 33.9 Å². The van der Waals surface area contributed by atoms with Crippen LogP contribution in [0.3, 0.4) is 0 Å². The lowest BCUT2D eigenvalue weighted by molar-refractivity contribution is -0.137. The number of carbonyl (C=O) groups excluding carboxylic acids is 2. The summed E-state index contributed by atoms with van der Waals surface area (Å²) in [6, 6.07) is 14.9. The number of rotatable bonds is 7. The molecule has 30 heavy (non-hydrogen) atoms. The third-order valence-corrected chi connectivity index (χ3v) is 5.55. The van der Waals surface area contributed by atoms with E-state index in [0.717, 1.165) is 22.6 Å². The van der Waals surface area contributed by atoms with Crippen molar-refractivity contribution < 1.29 is 19.1 Å². The minimum atomic E-state index is -0.731. The Hall–Kier alpha value is -3.06. The van der Waals surface area contributed by atoms with Crippen LogP contribution in [0.1, 0.15) is 31.0 Å². The van der Waals surface area contributed by atoms with Gasteiger partial charge in [0.2, 0.25) is 11.8 Å². The zero-order valence-electron chi connectivity index (χ0n) is 17.9. The van der Waals surface area contributed by atoms with Crippen molar-refractivity contribution in [2.24, 2.45) is 0 Å². The highest BCUT2D eigenvalue weighted by Crippen LogP contribution is 2.26. The Bertz CT molecular complexity index is 831. The standard InChI is InChI=1S/C23H29N3O4/c1-23(2)22(28)24-13-14-26(23)15-20(27)25-21(16-5-9-18(29-3)10-6-16)17-7-11-19(30-4)12-8-17/h5-12,21H,13-15H2,1-4H3,(H,24,28)(H,25,27). The molecule has 2 aromatic rings. The van der Waals surface area contributed by atoms with Gasteiger partial charge < -0.3 is 20.1 Å². The predicted molar refractivity (Wildman–Crippen MR) is 115 cm³/mol. The van der Waals surface area contributed by atoms with Crippen LogP contribution in [-0.4, -0.2) is 56.1 Å². The SMILES string of the molecule is COc1ccc(C(NC(=O)CN2CCNC(=O)C2(C)C)c2ccc(OC)cc2)cc1. The summed E-state index contributed by atoms with van der Waals surface area (Å²) in [5.74, 6) is 1.29. The summed E-state index contributed by atoms with van der Waals surface area (Å²) in [5.41, 5.74) is 1.14. The Morgan fingerprint density at radius 1 is 1.03 bits per heavy atom. The van der Waals surface area contributed by atoms with E-state index in [1.807, 2.05) is 67.3 Å². The van der Waals surface area contributed by atoms with E-state index in [2.05, 4.69) is 10.6 Å². The topological polar surface area (TPSA) is 79.9 Å². The number of nitrogens with one attached hydrogen (secondary N) is 2. The van der Waals surface area contributed by atoms with E-state index in [1.54, 1.807) is 14.2 Å². The van der Waals surface area contributed by atoms with Crippen molar-refractivity contribution >= 4 is 11.8 Å². The third kappa shape index (κ3) is 4.74. The van der Waals surface area contributed by atoms with Gasteiger partial charge in [-0.15, -0.1) is 0 Å². The first-order valence-electron chi connectivity index (χ1n) is 9.95. The summed E-state index contributed by atoms with van der Waals surface area (Å²) < 4.78 is 10.5. The maximum absolute atomic E-state index is 13.0. The first kappa shape index (κ1) is 21.6. The summed E-state index contributed by atoms with van der Waals surface area (Å²) in [5, 5.41) is 5.98. The zero-order chi connectivity index (χ0) is 21.7. The average molecular weight is 412 g/mol. The Balaban J connectivity index is 1.82. The second kappa shape index (κ2) is 9.17. The molecule has 3 rings (SSSR count). The van der Waals surface area contributed by atoms with E-state index in [0.29, 0.717) is 13.1 Å². The van der Waals surface area contributed by atoms with E-state index < -0.39 is 5.54 Å². The van der Waals surface area contributed by atoms with Crippen LogP contribution in [0.5, 0.6) is 11.5 Å². The molecule has 0 radical (unpaired) electrons. The molecule has 0 unspecified atom stereocenters. The van der Waals surface area contributed by atoms with E-state index in [-0.39, 0.29) is 24.4 Å². The number of methoxy groups -OCH3 is 2. The number of amides is 2. The second-order valence-corrected chi connectivity index (χ2v) is 7.78. The Labute approximate surface area is 177 Å². The van der Waals surface area contributed by atoms with Crippen molar-refractivity contribution in [1.29, 1.82) is 0 Å². The number of carbonyl (C=O) groups is 2. The average Bonchev–Trinajstić information content (AvgIpc) is 2.76. The summed E-state index contributed by atoms with van der Waals surface area (Å²) in [6.07, 6.45) is 0. The van der Waals surface area contributed by atoms with Crippen molar-refractivity contribution in [3.05, 3.63) is 59.7 Å². The smallest absolute Gasteiger partial charge is 0.240 e. The highest BCUT2D eigenvalue weighted by atomic mass is 16.5. The minimum Gasteiger partial charge on any atom is -0.497 e. The minimum absolute atomic E-state index is 0.0663. The predicted octanol–water partition coefficient (Wildman–Crippen LogP) is 2.12. The Morgan fingerprint density at radius 3 is 2.00 bits per heavy atom. The first-order valence-corrected chi connectivity index (χ1v) is 9.95. The second-order valence-electron chi connectivity index (χ2n) is 7.78. The van der Waals surface area contributed by atoms with Crippen molar-refractivity contribution in [1.82, 2.24) is 15.5 Å². The van der Waals surface area contributed by atoms with Gasteiger partial charge in [-0.05, 0) is 49.2 Å². The van der Waals surface area contributed by atoms with Gasteiger partial charge in [0.05, 0.1) is 32.3 Å². The Kier molecular flexibility index (Phi) is 6.62. The van der Waals surface area contributed by atoms with E-state index in [9.17, 15) is 9.59 Å². The maximum Gasteiger partial charge on any atom is 0.240 e. The van der Waals surface area contributed by atoms with Crippen molar-refractivity contribution in [3.63, 3.8) is 0 Å². The molecular formula is C23H29N3O4. The molecule has 0 aromatic heterocycles. The van der Waals surface area contributed by atoms with Gasteiger partial charge >= 0.3 is 0 Å². The van der Waals surface area contributed by atoms with Gasteiger partial charge in [-0.2, -0.15) is 0 Å². The molecule has 2 N–H and O–H groups in total. The number of hydrogen-bond donors (Lipinski definition) is 2. The number of hydrogen-bond acceptors (Lipinski definition) is 5. The van der Waals surface area contributed by atoms with E-state index >= 15 is 0 Å². The van der Waals surface area contributed by atoms with Crippen molar-refractivity contribution in [2.45, 2.75) is 25.4 Å². The summed E-state index contributed by atoms with van der Waals surface area (Å²) >= 11 is 0. The number of piperazine rings is 1. The van der Waals surface area contributed by atoms with Crippen LogP contribution in [0.2, 0.25) is 0 Å². The van der Waals surface area contributed by atoms with Crippen molar-refractivity contribution in [3.8, 4) is 11.5 Å². The van der Waals surface area contributed by atoms with Crippen LogP contribution in [0.25, 0.3) is 0 Å². The normalized spacial score (nSPS) is 16.1. The molecule has 0 saturated carbocycles. The van der Waals surface area contributed by atoms with Crippen LogP contribution in [0, 0.1) is 0 Å². The van der Waals surface area contributed by atoms with Gasteiger partial charge in [0.1, 0.15) is 11.5 Å². The molecule has 1 aliphatic rings. The van der Waals surface area contributed by atoms with E-state index in [4.69, 9.17) is 9.47 Å². The summed E-state index contributed by atoms with van der Waals surface area (Å²) in [4.78, 5) is 27.1. The molecule has 1 heterocycles. The molecule has 0 atom stereocenters. The lowest BCUT2D eigenvalue weighted by Crippen LogP contribution is -2.63. The number of ether oxygens (including phenoxy) is 2. The molecule has 0 aliphatic carbocycles. The van der Waals surface area contributed by atoms with Gasteiger partial charge in [-0.1, -0.05) is 24.3 Å². The summed E-state index contributed by atoms with van der Waals surface area (Å²) in [7, 11) is 3.24. The molecule has 0 bridgehead atoms. The molecule has 7 nitrogen and oxygen atoms in total. The molecule has 1 aliphatic heterocycles. The molecule has 2 aromatic carbocycles. The fourth-order valence-corrected chi connectivity index (χ4v) is 3.55. The zero-order valence-corrected chi connectivity index (χ0v) is 17.9. The van der Waals surface area contributed by atoms with Crippen LogP contribution >= 0.6 is 0 Å². The van der Waals surface area contributed by atoms with Gasteiger partial charge in [-0.3, -0.25) is 14.5 Å². The number of benzene rings is 2. The molecule has 7 heteroatoms. The van der Waals surface area contributed by atoms with Crippen LogP contribution < -0.4 is 20.1 Å². The molecule has 160 valence electrons. The molecular weight excluding hydrogens is 382 g/mol. The highest BCUT2D eigenvalue weighted by molar-refractivity contribution is 5.87. The monoisotopic (exact) mass is 411 g/mol. The lowest BCUT2D eigenvalue weighted by Gasteiger charge is -2.40. The highest BCUT2D eigenvalue weighted by Gasteiger charge is 2.38. The van der Waals surface area contributed by atoms with Gasteiger partial charge in [-0.25, -0.2) is 0 Å². The first-order chi connectivity index (χ1) is 14.3. The molecule has 2 amide bonds. The van der Waals surface area contributed by atoms with Gasteiger partial charge in [0, 0.05) is 13.1 Å². The molecule has 0 spiro atoms. The quantitative estimate of drug-likeness (QED) is 0.730. The molecule has 1 fully saturated rings. The van der Waals surface area contributed by atoms with Gasteiger partial charge in [0.25, 0.3) is 0 Å². The lowest BCUT2D eigenvalue weighted by atomic mass is 9.97. The summed E-state index contributed by atoms with van der Waals surface area (Å²) in [6.45, 7) is 4.97. The van der Waals surface area contributed by atoms with Crippen LogP contribution in [0.15, 0.2) is 48.5 Å². The largest absolute Gasteiger partial charge is 0.497 e. The third-order valence-electron chi connectivity index (χ3n) is 5.55. The number of nitrogens with zero attached hydrogens (tertiary/aromatic N) is 1. The van der Waals surface area contributed by atoms with E-state index in [1.165, 1.54) is 0 Å². The van der Waals surface area contributed by atoms with Crippen LogP contribution in [-0.2, 0) is 9.59 Å². The Morgan fingerprint density at radius 2 is 1.53 bits per heavy atom. The van der Waals surface area contributed by atoms with Gasteiger partial charge in [0.15, 0.2) is 0 Å². The fraction of sp³-hybridized carbons (Fsp3) is 0.391. The van der Waals surface area contributed by atoms with Crippen LogP contribution in [0.4, 0.5) is 0 Å². The maximum atomic E-state index is 13.0. The fourth-order valence-electron chi connectivity index (χ4n) is 3.55. The molecule has 1 saturated heterocycles.